The van der Waals surface area contributed by atoms with Crippen LogP contribution in [0.2, 0.25) is 0 Å². The zero-order valence-electron chi connectivity index (χ0n) is 17.6. The van der Waals surface area contributed by atoms with Crippen LogP contribution in [0.5, 0.6) is 0 Å². The molecule has 3 aromatic rings. The predicted molar refractivity (Wildman–Crippen MR) is 120 cm³/mol. The van der Waals surface area contributed by atoms with Gasteiger partial charge in [-0.3, -0.25) is 19.0 Å². The number of nitrogens with one attached hydrogen (secondary N) is 2. The molecular formula is C22H26N4O3S. The Balaban J connectivity index is 1.60. The Morgan fingerprint density at radius 3 is 2.53 bits per heavy atom. The van der Waals surface area contributed by atoms with E-state index in [1.54, 1.807) is 6.92 Å². The van der Waals surface area contributed by atoms with Gasteiger partial charge in [0.2, 0.25) is 11.8 Å². The van der Waals surface area contributed by atoms with Gasteiger partial charge in [0.25, 0.3) is 5.56 Å². The van der Waals surface area contributed by atoms with Gasteiger partial charge in [-0.2, -0.15) is 0 Å². The lowest BCUT2D eigenvalue weighted by molar-refractivity contribution is -0.122. The summed E-state index contributed by atoms with van der Waals surface area (Å²) in [5, 5.41) is 6.39. The van der Waals surface area contributed by atoms with Gasteiger partial charge in [0.15, 0.2) is 0 Å². The Hall–Kier alpha value is -3.00. The molecule has 1 aromatic carbocycles. The average Bonchev–Trinajstić information content (AvgIpc) is 3.02. The first kappa shape index (κ1) is 21.7. The van der Waals surface area contributed by atoms with Crippen LogP contribution in [0.15, 0.2) is 35.4 Å². The third-order valence-corrected chi connectivity index (χ3v) is 6.24. The number of rotatable bonds is 7. The summed E-state index contributed by atoms with van der Waals surface area (Å²) in [5.74, 6) is -0.184. The minimum Gasteiger partial charge on any atom is -0.350 e. The Kier molecular flexibility index (Phi) is 6.66. The van der Waals surface area contributed by atoms with E-state index in [0.29, 0.717) is 11.8 Å². The third kappa shape index (κ3) is 4.76. The molecule has 30 heavy (non-hydrogen) atoms. The molecule has 3 rings (SSSR count). The molecule has 2 heterocycles. The van der Waals surface area contributed by atoms with E-state index >= 15 is 0 Å². The molecule has 2 amide bonds. The predicted octanol–water partition coefficient (Wildman–Crippen LogP) is 3.69. The van der Waals surface area contributed by atoms with Crippen molar-refractivity contribution in [3.63, 3.8) is 0 Å². The summed E-state index contributed by atoms with van der Waals surface area (Å²) in [6, 6.07) is 7.20. The molecule has 2 N–H and O–H groups in total. The fourth-order valence-electron chi connectivity index (χ4n) is 3.15. The highest BCUT2D eigenvalue weighted by Crippen LogP contribution is 2.25. The van der Waals surface area contributed by atoms with Gasteiger partial charge in [-0.25, -0.2) is 4.98 Å². The van der Waals surface area contributed by atoms with E-state index < -0.39 is 0 Å². The van der Waals surface area contributed by atoms with E-state index in [1.807, 2.05) is 45.0 Å². The highest BCUT2D eigenvalue weighted by Gasteiger charge is 2.14. The normalized spacial score (nSPS) is 12.0. The minimum atomic E-state index is -0.187. The van der Waals surface area contributed by atoms with Gasteiger partial charge in [-0.1, -0.05) is 19.1 Å². The van der Waals surface area contributed by atoms with Gasteiger partial charge in [0.05, 0.1) is 17.8 Å². The maximum Gasteiger partial charge on any atom is 0.262 e. The molecule has 0 saturated carbocycles. The van der Waals surface area contributed by atoms with E-state index in [-0.39, 0.29) is 36.4 Å². The van der Waals surface area contributed by atoms with Crippen molar-refractivity contribution in [2.45, 2.75) is 53.1 Å². The Bertz CT molecular complexity index is 1130. The Morgan fingerprint density at radius 2 is 1.87 bits per heavy atom. The Morgan fingerprint density at radius 1 is 1.17 bits per heavy atom. The molecule has 0 aliphatic heterocycles. The molecule has 0 saturated heterocycles. The first-order valence-electron chi connectivity index (χ1n) is 9.94. The molecule has 7 nitrogen and oxygen atoms in total. The fraction of sp³-hybridized carbons (Fsp3) is 0.364. The van der Waals surface area contributed by atoms with Crippen LogP contribution >= 0.6 is 11.3 Å². The summed E-state index contributed by atoms with van der Waals surface area (Å²) in [6.07, 6.45) is 2.12. The quantitative estimate of drug-likeness (QED) is 0.603. The number of carbonyl (C=O) groups excluding carboxylic acids is 2. The molecule has 0 spiro atoms. The first-order valence-corrected chi connectivity index (χ1v) is 10.8. The average molecular weight is 427 g/mol. The third-order valence-electron chi connectivity index (χ3n) is 5.13. The van der Waals surface area contributed by atoms with Crippen LogP contribution in [0.3, 0.4) is 0 Å². The van der Waals surface area contributed by atoms with Crippen molar-refractivity contribution in [3.05, 3.63) is 57.0 Å². The second-order valence-corrected chi connectivity index (χ2v) is 8.47. The summed E-state index contributed by atoms with van der Waals surface area (Å²) >= 11 is 1.51. The molecule has 158 valence electrons. The van der Waals surface area contributed by atoms with Crippen LogP contribution in [-0.2, 0) is 16.1 Å². The number of carbonyl (C=O) groups is 2. The van der Waals surface area contributed by atoms with Crippen molar-refractivity contribution in [1.29, 1.82) is 0 Å². The van der Waals surface area contributed by atoms with E-state index in [2.05, 4.69) is 15.6 Å². The lowest BCUT2D eigenvalue weighted by Gasteiger charge is -2.15. The molecule has 0 radical (unpaired) electrons. The number of aromatic nitrogens is 2. The van der Waals surface area contributed by atoms with Gasteiger partial charge >= 0.3 is 0 Å². The highest BCUT2D eigenvalue weighted by molar-refractivity contribution is 7.18. The maximum absolute atomic E-state index is 12.7. The summed E-state index contributed by atoms with van der Waals surface area (Å²) in [5.41, 5.74) is 2.51. The molecular weight excluding hydrogens is 400 g/mol. The summed E-state index contributed by atoms with van der Waals surface area (Å²) in [4.78, 5) is 42.8. The number of nitrogens with zero attached hydrogens (tertiary/aromatic N) is 2. The standard InChI is InChI=1S/C22H26N4O3S/c1-5-18(27)25-17-8-6-16(7-9-17)14(3)24-19(28)10-11-26-12-23-21-20(22(26)29)13(2)15(4)30-21/h6-9,12,14H,5,10-11H2,1-4H3,(H,24,28)(H,25,27). The SMILES string of the molecule is CCC(=O)Nc1ccc(C(C)NC(=O)CCn2cnc3sc(C)c(C)c3c2=O)cc1. The number of hydrogen-bond acceptors (Lipinski definition) is 5. The highest BCUT2D eigenvalue weighted by atomic mass is 32.1. The van der Waals surface area contributed by atoms with Crippen LogP contribution in [-0.4, -0.2) is 21.4 Å². The second kappa shape index (κ2) is 9.21. The fourth-order valence-corrected chi connectivity index (χ4v) is 4.14. The smallest absolute Gasteiger partial charge is 0.262 e. The zero-order chi connectivity index (χ0) is 21.8. The van der Waals surface area contributed by atoms with Gasteiger partial charge < -0.3 is 10.6 Å². The van der Waals surface area contributed by atoms with Crippen molar-refractivity contribution < 1.29 is 9.59 Å². The summed E-state index contributed by atoms with van der Waals surface area (Å²) in [7, 11) is 0. The first-order chi connectivity index (χ1) is 14.3. The molecule has 1 atom stereocenters. The lowest BCUT2D eigenvalue weighted by atomic mass is 10.1. The molecule has 2 aromatic heterocycles. The van der Waals surface area contributed by atoms with Crippen LogP contribution < -0.4 is 16.2 Å². The number of thiophene rings is 1. The number of aryl methyl sites for hydroxylation is 3. The largest absolute Gasteiger partial charge is 0.350 e. The number of hydrogen-bond donors (Lipinski definition) is 2. The molecule has 1 unspecified atom stereocenters. The van der Waals surface area contributed by atoms with Crippen molar-refractivity contribution in [2.24, 2.45) is 0 Å². The van der Waals surface area contributed by atoms with Crippen LogP contribution in [0.25, 0.3) is 10.2 Å². The lowest BCUT2D eigenvalue weighted by Crippen LogP contribution is -2.29. The molecule has 0 bridgehead atoms. The summed E-state index contributed by atoms with van der Waals surface area (Å²) in [6.45, 7) is 7.87. The van der Waals surface area contributed by atoms with Gasteiger partial charge in [-0.15, -0.1) is 11.3 Å². The summed E-state index contributed by atoms with van der Waals surface area (Å²) < 4.78 is 1.50. The van der Waals surface area contributed by atoms with Crippen LogP contribution in [0, 0.1) is 13.8 Å². The molecule has 0 aliphatic carbocycles. The Labute approximate surface area is 179 Å². The monoisotopic (exact) mass is 426 g/mol. The van der Waals surface area contributed by atoms with Crippen molar-refractivity contribution in [1.82, 2.24) is 14.9 Å². The second-order valence-electron chi connectivity index (χ2n) is 7.27. The number of fused-ring (bicyclic) bond motifs is 1. The topological polar surface area (TPSA) is 93.1 Å². The van der Waals surface area contributed by atoms with E-state index in [0.717, 1.165) is 26.5 Å². The number of benzene rings is 1. The van der Waals surface area contributed by atoms with E-state index in [9.17, 15) is 14.4 Å². The number of anilines is 1. The maximum atomic E-state index is 12.7. The van der Waals surface area contributed by atoms with Crippen LogP contribution in [0.1, 0.15) is 48.7 Å². The van der Waals surface area contributed by atoms with Gasteiger partial charge in [0.1, 0.15) is 4.83 Å². The van der Waals surface area contributed by atoms with Crippen LogP contribution in [0.4, 0.5) is 5.69 Å². The molecule has 8 heteroatoms. The zero-order valence-corrected chi connectivity index (χ0v) is 18.4. The van der Waals surface area contributed by atoms with Gasteiger partial charge in [-0.05, 0) is 44.0 Å². The van der Waals surface area contributed by atoms with Gasteiger partial charge in [0, 0.05) is 30.0 Å². The van der Waals surface area contributed by atoms with Crippen molar-refractivity contribution >= 4 is 39.1 Å². The molecule has 0 fully saturated rings. The van der Waals surface area contributed by atoms with E-state index in [1.165, 1.54) is 22.2 Å². The van der Waals surface area contributed by atoms with E-state index in [4.69, 9.17) is 0 Å². The van der Waals surface area contributed by atoms with Crippen molar-refractivity contribution in [3.8, 4) is 0 Å². The minimum absolute atomic E-state index is 0.0418. The molecule has 0 aliphatic rings. The van der Waals surface area contributed by atoms with Crippen molar-refractivity contribution in [2.75, 3.05) is 5.32 Å². The number of amides is 2.